The number of carbonyl (C=O) groups excluding carboxylic acids is 4. The molecule has 3 N–H and O–H groups in total. The molecule has 4 amide bonds. The summed E-state index contributed by atoms with van der Waals surface area (Å²) in [4.78, 5) is 62.6. The molecule has 4 fully saturated rings. The van der Waals surface area contributed by atoms with E-state index in [1.807, 2.05) is 30.4 Å². The van der Waals surface area contributed by atoms with Gasteiger partial charge >= 0.3 is 6.09 Å². The highest BCUT2D eigenvalue weighted by Gasteiger charge is 2.62. The van der Waals surface area contributed by atoms with Crippen molar-refractivity contribution in [3.8, 4) is 17.0 Å². The predicted octanol–water partition coefficient (Wildman–Crippen LogP) is 6.18. The maximum atomic E-state index is 15.2. The minimum absolute atomic E-state index is 0.0333. The summed E-state index contributed by atoms with van der Waals surface area (Å²) >= 11 is 0. The number of ether oxygens (including phenoxy) is 2. The molecule has 0 radical (unpaired) electrons. The topological polar surface area (TPSA) is 186 Å². The van der Waals surface area contributed by atoms with Gasteiger partial charge in [0.15, 0.2) is 11.3 Å². The Labute approximate surface area is 346 Å². The van der Waals surface area contributed by atoms with Crippen LogP contribution in [-0.4, -0.2) is 83.7 Å². The summed E-state index contributed by atoms with van der Waals surface area (Å²) in [6, 6.07) is 12.9. The van der Waals surface area contributed by atoms with Crippen molar-refractivity contribution in [2.24, 2.45) is 5.92 Å². The first-order valence-corrected chi connectivity index (χ1v) is 22.6. The number of benzene rings is 2. The molecule has 5 atom stereocenters. The quantitative estimate of drug-likeness (QED) is 0.173. The highest BCUT2D eigenvalue weighted by atomic mass is 32.2. The van der Waals surface area contributed by atoms with Gasteiger partial charge in [-0.25, -0.2) is 22.6 Å². The van der Waals surface area contributed by atoms with Gasteiger partial charge in [-0.1, -0.05) is 49.3 Å². The zero-order chi connectivity index (χ0) is 41.6. The van der Waals surface area contributed by atoms with E-state index in [0.29, 0.717) is 54.2 Å². The molecular weight excluding hydrogens is 794 g/mol. The lowest BCUT2D eigenvalue weighted by molar-refractivity contribution is -0.141. The molecule has 14 nitrogen and oxygen atoms in total. The SMILES string of the molecule is O=C(N[C@H]1CCCCCC=C[C@@H]2C[C@@]2(C(=O)NS(=O)(=O)C2CC2)NC(=O)[C@@H]2C[C@@H](Oc3cc(-c4ccccc4F)nc4c3oc3ccccc34)CN2C1=O)OC1CCCC1. The normalized spacial score (nSPS) is 26.4. The number of allylic oxidation sites excluding steroid dienone is 1. The zero-order valence-corrected chi connectivity index (χ0v) is 33.9. The third-order valence-electron chi connectivity index (χ3n) is 12.4. The Morgan fingerprint density at radius 3 is 2.52 bits per heavy atom. The fraction of sp³-hybridized carbons (Fsp3) is 0.477. The van der Waals surface area contributed by atoms with Gasteiger partial charge in [-0.3, -0.25) is 19.1 Å². The Kier molecular flexibility index (Phi) is 10.8. The van der Waals surface area contributed by atoms with Crippen LogP contribution in [0, 0.1) is 11.7 Å². The second-order valence-corrected chi connectivity index (χ2v) is 18.7. The molecule has 4 aromatic rings. The van der Waals surface area contributed by atoms with E-state index in [9.17, 15) is 27.6 Å². The van der Waals surface area contributed by atoms with Crippen LogP contribution >= 0.6 is 0 Å². The largest absolute Gasteiger partial charge is 0.484 e. The van der Waals surface area contributed by atoms with Gasteiger partial charge in [-0.15, -0.1) is 0 Å². The third-order valence-corrected chi connectivity index (χ3v) is 14.3. The zero-order valence-electron chi connectivity index (χ0n) is 33.1. The van der Waals surface area contributed by atoms with Gasteiger partial charge in [0.25, 0.3) is 5.91 Å². The standard InChI is InChI=1S/C44H48FN5O9S/c45-32-17-10-8-15-30(32)34-23-37(39-38(46-34)31-16-9-11-19-36(31)59-39)57-28-22-35-40(51)48-44(42(53)49-60(55,56)29-20-21-29)24-26(44)12-4-2-1-3-5-18-33(41(52)50(35)25-28)47-43(54)58-27-13-6-7-14-27/h4,8-12,15-17,19,23,26-29,33,35H,1-3,5-7,13-14,18,20-22,24-25H2,(H,47,54)(H,48,51)(H,49,53)/t26-,28-,33+,35+,44-/m1/s1. The summed E-state index contributed by atoms with van der Waals surface area (Å²) in [5, 5.41) is 5.72. The number of furan rings is 1. The van der Waals surface area contributed by atoms with Crippen LogP contribution in [0.4, 0.5) is 9.18 Å². The summed E-state index contributed by atoms with van der Waals surface area (Å²) < 4.78 is 61.9. The summed E-state index contributed by atoms with van der Waals surface area (Å²) in [5.74, 6) is -2.73. The number of aromatic nitrogens is 1. The lowest BCUT2D eigenvalue weighted by Gasteiger charge is -2.30. The molecule has 316 valence electrons. The van der Waals surface area contributed by atoms with Crippen LogP contribution in [0.2, 0.25) is 0 Å². The number of hydrogen-bond acceptors (Lipinski definition) is 10. The van der Waals surface area contributed by atoms with E-state index >= 15 is 4.39 Å². The van der Waals surface area contributed by atoms with Crippen LogP contribution in [0.25, 0.3) is 33.3 Å². The summed E-state index contributed by atoms with van der Waals surface area (Å²) in [5.41, 5.74) is 0.244. The molecule has 0 bridgehead atoms. The van der Waals surface area contributed by atoms with E-state index in [1.165, 1.54) is 11.0 Å². The Morgan fingerprint density at radius 1 is 0.950 bits per heavy atom. The van der Waals surface area contributed by atoms with Gasteiger partial charge in [0.1, 0.15) is 46.7 Å². The van der Waals surface area contributed by atoms with Gasteiger partial charge in [0.2, 0.25) is 21.8 Å². The van der Waals surface area contributed by atoms with Crippen molar-refractivity contribution in [3.63, 3.8) is 0 Å². The van der Waals surface area contributed by atoms with E-state index in [-0.39, 0.29) is 42.5 Å². The first-order chi connectivity index (χ1) is 29.0. The van der Waals surface area contributed by atoms with Crippen LogP contribution in [0.3, 0.4) is 0 Å². The number of rotatable bonds is 8. The van der Waals surface area contributed by atoms with Crippen molar-refractivity contribution in [3.05, 3.63) is 72.6 Å². The molecule has 0 unspecified atom stereocenters. The number of fused-ring (bicyclic) bond motifs is 5. The number of nitrogens with one attached hydrogen (secondary N) is 3. The highest BCUT2D eigenvalue weighted by Crippen LogP contribution is 2.46. The fourth-order valence-electron chi connectivity index (χ4n) is 8.91. The van der Waals surface area contributed by atoms with Crippen LogP contribution in [0.5, 0.6) is 5.75 Å². The Morgan fingerprint density at radius 2 is 1.72 bits per heavy atom. The third kappa shape index (κ3) is 8.05. The number of pyridine rings is 1. The Bertz CT molecular complexity index is 2480. The Hall–Kier alpha value is -5.51. The molecule has 2 aliphatic heterocycles. The smallest absolute Gasteiger partial charge is 0.408 e. The number of sulfonamides is 1. The Balaban J connectivity index is 1.06. The van der Waals surface area contributed by atoms with E-state index in [0.717, 1.165) is 38.5 Å². The van der Waals surface area contributed by atoms with E-state index in [1.54, 1.807) is 30.3 Å². The lowest BCUT2D eigenvalue weighted by atomic mass is 10.0. The molecule has 16 heteroatoms. The summed E-state index contributed by atoms with van der Waals surface area (Å²) in [6.45, 7) is -0.0928. The summed E-state index contributed by atoms with van der Waals surface area (Å²) in [6.07, 6.45) is 9.58. The summed E-state index contributed by atoms with van der Waals surface area (Å²) in [7, 11) is -3.93. The predicted molar refractivity (Wildman–Crippen MR) is 218 cm³/mol. The first kappa shape index (κ1) is 39.9. The number of halogens is 1. The number of alkyl carbamates (subject to hydrolysis) is 1. The van der Waals surface area contributed by atoms with E-state index in [4.69, 9.17) is 18.9 Å². The number of carbonyl (C=O) groups is 4. The maximum absolute atomic E-state index is 15.2. The average molecular weight is 842 g/mol. The molecule has 9 rings (SSSR count). The maximum Gasteiger partial charge on any atom is 0.408 e. The van der Waals surface area contributed by atoms with Crippen LogP contribution in [-0.2, 0) is 29.1 Å². The molecular formula is C44H48FN5O9S. The molecule has 1 saturated heterocycles. The molecule has 3 aliphatic carbocycles. The number of nitrogens with zero attached hydrogens (tertiary/aromatic N) is 2. The highest BCUT2D eigenvalue weighted by molar-refractivity contribution is 7.91. The van der Waals surface area contributed by atoms with Crippen LogP contribution in [0.1, 0.15) is 83.5 Å². The van der Waals surface area contributed by atoms with Crippen molar-refractivity contribution in [2.75, 3.05) is 6.54 Å². The molecule has 5 aliphatic rings. The monoisotopic (exact) mass is 841 g/mol. The van der Waals surface area contributed by atoms with Gasteiger partial charge in [-0.05, 0) is 88.5 Å². The van der Waals surface area contributed by atoms with Crippen molar-refractivity contribution in [1.29, 1.82) is 0 Å². The molecule has 0 spiro atoms. The van der Waals surface area contributed by atoms with Gasteiger partial charge < -0.3 is 29.4 Å². The molecule has 2 aromatic carbocycles. The average Bonchev–Trinajstić information content (AvgIpc) is 4.04. The number of para-hydroxylation sites is 1. The van der Waals surface area contributed by atoms with Crippen molar-refractivity contribution >= 4 is 55.9 Å². The molecule has 60 heavy (non-hydrogen) atoms. The van der Waals surface area contributed by atoms with E-state index in [2.05, 4.69) is 15.4 Å². The van der Waals surface area contributed by atoms with Crippen LogP contribution in [0.15, 0.2) is 71.2 Å². The molecule has 2 aromatic heterocycles. The van der Waals surface area contributed by atoms with Gasteiger partial charge in [0.05, 0.1) is 17.5 Å². The number of hydrogen-bond donors (Lipinski definition) is 3. The van der Waals surface area contributed by atoms with Crippen LogP contribution < -0.4 is 20.1 Å². The minimum atomic E-state index is -3.93. The van der Waals surface area contributed by atoms with Crippen molar-refractivity contribution in [1.82, 2.24) is 25.2 Å². The second kappa shape index (κ2) is 16.2. The van der Waals surface area contributed by atoms with Crippen molar-refractivity contribution < 1.29 is 45.9 Å². The second-order valence-electron chi connectivity index (χ2n) is 16.8. The van der Waals surface area contributed by atoms with Crippen molar-refractivity contribution in [2.45, 2.75) is 119 Å². The van der Waals surface area contributed by atoms with Gasteiger partial charge in [-0.2, -0.15) is 0 Å². The molecule has 4 heterocycles. The van der Waals surface area contributed by atoms with Gasteiger partial charge in [0, 0.05) is 29.4 Å². The fourth-order valence-corrected chi connectivity index (χ4v) is 10.3. The van der Waals surface area contributed by atoms with E-state index < -0.39 is 74.5 Å². The lowest BCUT2D eigenvalue weighted by Crippen LogP contribution is -2.58. The first-order valence-electron chi connectivity index (χ1n) is 21.1. The minimum Gasteiger partial charge on any atom is -0.484 e. The number of amides is 4. The molecule has 3 saturated carbocycles.